The molecule has 64 valence electrons. The van der Waals surface area contributed by atoms with E-state index in [2.05, 4.69) is 25.7 Å². The highest BCUT2D eigenvalue weighted by Gasteiger charge is 2.02. The van der Waals surface area contributed by atoms with Gasteiger partial charge in [0.05, 0.1) is 13.3 Å². The topological polar surface area (TPSA) is 48.4 Å². The molecule has 5 heteroatoms. The van der Waals surface area contributed by atoms with Crippen molar-refractivity contribution in [3.8, 4) is 11.5 Å². The largest absolute Gasteiger partial charge is 0.494 e. The van der Waals surface area contributed by atoms with Gasteiger partial charge in [0.2, 0.25) is 0 Å². The number of hydrogen-bond acceptors (Lipinski definition) is 4. The Balaban J connectivity index is 2.96. The van der Waals surface area contributed by atoms with Crippen molar-refractivity contribution in [3.05, 3.63) is 16.9 Å². The molecule has 0 radical (unpaired) electrons. The zero-order valence-electron chi connectivity index (χ0n) is 6.28. The summed E-state index contributed by atoms with van der Waals surface area (Å²) in [5.41, 5.74) is 0. The van der Waals surface area contributed by atoms with E-state index < -0.39 is 0 Å². The van der Waals surface area contributed by atoms with E-state index in [4.69, 9.17) is 4.74 Å². The van der Waals surface area contributed by atoms with Crippen molar-refractivity contribution in [2.24, 2.45) is 0 Å². The number of aromatic nitrogens is 1. The van der Waals surface area contributed by atoms with Crippen LogP contribution < -0.4 is 9.47 Å². The van der Waals surface area contributed by atoms with Gasteiger partial charge in [0.15, 0.2) is 11.5 Å². The Labute approximate surface area is 77.6 Å². The third-order valence-electron chi connectivity index (χ3n) is 1.19. The molecule has 0 aliphatic rings. The van der Waals surface area contributed by atoms with Gasteiger partial charge in [-0.15, -0.1) is 0 Å². The van der Waals surface area contributed by atoms with Gasteiger partial charge in [-0.3, -0.25) is 4.79 Å². The lowest BCUT2D eigenvalue weighted by Gasteiger charge is -2.02. The predicted octanol–water partition coefficient (Wildman–Crippen LogP) is 1.39. The highest BCUT2D eigenvalue weighted by molar-refractivity contribution is 9.10. The fourth-order valence-electron chi connectivity index (χ4n) is 0.673. The summed E-state index contributed by atoms with van der Waals surface area (Å²) in [4.78, 5) is 13.8. The average molecular weight is 232 g/mol. The summed E-state index contributed by atoms with van der Waals surface area (Å²) in [5.74, 6) is 0.874. The lowest BCUT2D eigenvalue weighted by molar-refractivity contribution is -0.120. The van der Waals surface area contributed by atoms with Crippen LogP contribution in [0.5, 0.6) is 11.5 Å². The Morgan fingerprint density at radius 2 is 2.42 bits per heavy atom. The van der Waals surface area contributed by atoms with E-state index in [1.54, 1.807) is 6.07 Å². The minimum absolute atomic E-state index is 0.338. The molecule has 0 bridgehead atoms. The lowest BCUT2D eigenvalue weighted by Crippen LogP contribution is -1.92. The second-order valence-corrected chi connectivity index (χ2v) is 2.63. The number of pyridine rings is 1. The van der Waals surface area contributed by atoms with Crippen molar-refractivity contribution < 1.29 is 14.3 Å². The molecule has 0 aliphatic carbocycles. The number of methoxy groups -OCH3 is 1. The van der Waals surface area contributed by atoms with Crippen LogP contribution in [-0.4, -0.2) is 18.6 Å². The third-order valence-corrected chi connectivity index (χ3v) is 1.78. The molecule has 0 unspecified atom stereocenters. The van der Waals surface area contributed by atoms with Crippen molar-refractivity contribution in [2.45, 2.75) is 0 Å². The van der Waals surface area contributed by atoms with E-state index in [1.807, 2.05) is 0 Å². The number of halogens is 1. The standard InChI is InChI=1S/C7H6BrNO3/c1-11-6-2-5(12-4-10)3-9-7(6)8/h2-4H,1H3. The zero-order chi connectivity index (χ0) is 8.97. The molecule has 1 aromatic rings. The summed E-state index contributed by atoms with van der Waals surface area (Å²) in [6.07, 6.45) is 1.42. The first-order valence-electron chi connectivity index (χ1n) is 3.07. The normalized spacial score (nSPS) is 9.17. The molecule has 0 saturated heterocycles. The van der Waals surface area contributed by atoms with Crippen LogP contribution in [0.4, 0.5) is 0 Å². The summed E-state index contributed by atoms with van der Waals surface area (Å²) in [6, 6.07) is 1.56. The highest BCUT2D eigenvalue weighted by Crippen LogP contribution is 2.25. The minimum Gasteiger partial charge on any atom is -0.494 e. The van der Waals surface area contributed by atoms with Crippen molar-refractivity contribution in [3.63, 3.8) is 0 Å². The molecule has 0 amide bonds. The molecular formula is C7H6BrNO3. The summed E-state index contributed by atoms with van der Waals surface area (Å²) >= 11 is 3.16. The van der Waals surface area contributed by atoms with Gasteiger partial charge < -0.3 is 9.47 Å². The van der Waals surface area contributed by atoms with Gasteiger partial charge in [-0.25, -0.2) is 4.98 Å². The van der Waals surface area contributed by atoms with Gasteiger partial charge in [-0.1, -0.05) is 0 Å². The van der Waals surface area contributed by atoms with Crippen LogP contribution in [-0.2, 0) is 4.79 Å². The van der Waals surface area contributed by atoms with E-state index in [0.717, 1.165) is 0 Å². The van der Waals surface area contributed by atoms with Crippen LogP contribution in [0.3, 0.4) is 0 Å². The van der Waals surface area contributed by atoms with Crippen LogP contribution in [0.15, 0.2) is 16.9 Å². The molecule has 12 heavy (non-hydrogen) atoms. The van der Waals surface area contributed by atoms with E-state index in [1.165, 1.54) is 13.3 Å². The van der Waals surface area contributed by atoms with Gasteiger partial charge >= 0.3 is 0 Å². The molecule has 0 aliphatic heterocycles. The van der Waals surface area contributed by atoms with E-state index >= 15 is 0 Å². The second-order valence-electron chi connectivity index (χ2n) is 1.88. The van der Waals surface area contributed by atoms with Crippen molar-refractivity contribution in [2.75, 3.05) is 7.11 Å². The maximum atomic E-state index is 9.96. The Morgan fingerprint density at radius 1 is 1.67 bits per heavy atom. The van der Waals surface area contributed by atoms with E-state index in [9.17, 15) is 4.79 Å². The monoisotopic (exact) mass is 231 g/mol. The molecule has 0 aromatic carbocycles. The molecule has 1 rings (SSSR count). The molecule has 0 fully saturated rings. The maximum Gasteiger partial charge on any atom is 0.298 e. The second kappa shape index (κ2) is 4.06. The van der Waals surface area contributed by atoms with E-state index in [-0.39, 0.29) is 0 Å². The quantitative estimate of drug-likeness (QED) is 0.583. The number of hydrogen-bond donors (Lipinski definition) is 0. The Kier molecular flexibility index (Phi) is 3.04. The Morgan fingerprint density at radius 3 is 3.00 bits per heavy atom. The molecule has 4 nitrogen and oxygen atoms in total. The fraction of sp³-hybridized carbons (Fsp3) is 0.143. The number of rotatable bonds is 3. The summed E-state index contributed by atoms with van der Waals surface area (Å²) in [6.45, 7) is 0.338. The first-order chi connectivity index (χ1) is 5.77. The summed E-state index contributed by atoms with van der Waals surface area (Å²) in [5, 5.41) is 0. The van der Waals surface area contributed by atoms with Gasteiger partial charge in [-0.2, -0.15) is 0 Å². The average Bonchev–Trinajstić information content (AvgIpc) is 2.09. The van der Waals surface area contributed by atoms with Gasteiger partial charge in [0.25, 0.3) is 6.47 Å². The van der Waals surface area contributed by atoms with Crippen molar-refractivity contribution in [1.29, 1.82) is 0 Å². The van der Waals surface area contributed by atoms with Gasteiger partial charge in [0, 0.05) is 6.07 Å². The van der Waals surface area contributed by atoms with Gasteiger partial charge in [0.1, 0.15) is 4.60 Å². The molecule has 1 aromatic heterocycles. The van der Waals surface area contributed by atoms with Crippen LogP contribution in [0.1, 0.15) is 0 Å². The fourth-order valence-corrected chi connectivity index (χ4v) is 1.05. The zero-order valence-corrected chi connectivity index (χ0v) is 7.87. The first kappa shape index (κ1) is 8.99. The molecule has 1 heterocycles. The van der Waals surface area contributed by atoms with E-state index in [0.29, 0.717) is 22.6 Å². The van der Waals surface area contributed by atoms with Crippen molar-refractivity contribution in [1.82, 2.24) is 4.98 Å². The first-order valence-corrected chi connectivity index (χ1v) is 3.87. The van der Waals surface area contributed by atoms with Crippen molar-refractivity contribution >= 4 is 22.4 Å². The van der Waals surface area contributed by atoms with Crippen LogP contribution in [0.25, 0.3) is 0 Å². The smallest absolute Gasteiger partial charge is 0.298 e. The molecule has 0 spiro atoms. The maximum absolute atomic E-state index is 9.96. The molecule has 0 N–H and O–H groups in total. The SMILES string of the molecule is COc1cc(OC=O)cnc1Br. The van der Waals surface area contributed by atoms with Crippen LogP contribution in [0, 0.1) is 0 Å². The number of ether oxygens (including phenoxy) is 2. The minimum atomic E-state index is 0.338. The molecule has 0 atom stereocenters. The predicted molar refractivity (Wildman–Crippen MR) is 45.2 cm³/mol. The molecular weight excluding hydrogens is 226 g/mol. The number of nitrogens with zero attached hydrogens (tertiary/aromatic N) is 1. The van der Waals surface area contributed by atoms with Gasteiger partial charge in [-0.05, 0) is 15.9 Å². The lowest BCUT2D eigenvalue weighted by atomic mass is 10.4. The highest BCUT2D eigenvalue weighted by atomic mass is 79.9. The summed E-state index contributed by atoms with van der Waals surface area (Å²) in [7, 11) is 1.51. The van der Waals surface area contributed by atoms with Crippen LogP contribution >= 0.6 is 15.9 Å². The molecule has 0 saturated carbocycles. The van der Waals surface area contributed by atoms with Crippen LogP contribution in [0.2, 0.25) is 0 Å². The summed E-state index contributed by atoms with van der Waals surface area (Å²) < 4.78 is 10.1. The Hall–Kier alpha value is -1.10. The Bertz CT molecular complexity index is 290. The third kappa shape index (κ3) is 1.94. The number of carbonyl (C=O) groups is 1. The number of carbonyl (C=O) groups excluding carboxylic acids is 1.